The molecule has 2 aromatic carbocycles. The number of aromatic nitrogens is 2. The van der Waals surface area contributed by atoms with Crippen LogP contribution in [0.3, 0.4) is 0 Å². The van der Waals surface area contributed by atoms with Crippen molar-refractivity contribution >= 4 is 38.7 Å². The molecule has 8 nitrogen and oxygen atoms in total. The zero-order valence-electron chi connectivity index (χ0n) is 22.5. The molecular formula is C29H31N5O3S2. The number of nitrogens with one attached hydrogen (secondary N) is 2. The highest BCUT2D eigenvalue weighted by Gasteiger charge is 2.42. The van der Waals surface area contributed by atoms with E-state index in [0.717, 1.165) is 40.3 Å². The molecule has 2 aromatic heterocycles. The van der Waals surface area contributed by atoms with E-state index < -0.39 is 10.0 Å². The zero-order chi connectivity index (χ0) is 27.9. The molecule has 0 saturated carbocycles. The number of pyridine rings is 1. The number of hydrogen-bond acceptors (Lipinski definition) is 5. The van der Waals surface area contributed by atoms with Crippen molar-refractivity contribution in [2.45, 2.75) is 32.9 Å². The van der Waals surface area contributed by atoms with Crippen molar-refractivity contribution in [1.29, 1.82) is 0 Å². The SMILES string of the molecule is COc1cc(N2C(=S)N[C@@H](c3ccccn3)[C@H]2c2cc(C)n(-c3ccc(C)cc3)c2C)ccc1NS(C)(=O)=O. The highest BCUT2D eigenvalue weighted by atomic mass is 32.2. The largest absolute Gasteiger partial charge is 0.494 e. The van der Waals surface area contributed by atoms with Gasteiger partial charge in [0.2, 0.25) is 10.0 Å². The molecule has 0 bridgehead atoms. The number of hydrogen-bond donors (Lipinski definition) is 2. The first-order chi connectivity index (χ1) is 18.6. The Balaban J connectivity index is 1.66. The Morgan fingerprint density at radius 2 is 1.72 bits per heavy atom. The lowest BCUT2D eigenvalue weighted by Gasteiger charge is -2.29. The van der Waals surface area contributed by atoms with Gasteiger partial charge in [0.05, 0.1) is 36.8 Å². The molecule has 0 spiro atoms. The van der Waals surface area contributed by atoms with Gasteiger partial charge < -0.3 is 19.5 Å². The van der Waals surface area contributed by atoms with Crippen LogP contribution in [-0.4, -0.2) is 36.4 Å². The number of nitrogens with zero attached hydrogens (tertiary/aromatic N) is 3. The molecule has 4 aromatic rings. The van der Waals surface area contributed by atoms with Crippen LogP contribution in [0, 0.1) is 20.8 Å². The van der Waals surface area contributed by atoms with Gasteiger partial charge in [-0.2, -0.15) is 0 Å². The second-order valence-corrected chi connectivity index (χ2v) is 11.9. The third kappa shape index (κ3) is 5.22. The van der Waals surface area contributed by atoms with Gasteiger partial charge in [-0.25, -0.2) is 8.42 Å². The highest BCUT2D eigenvalue weighted by molar-refractivity contribution is 7.92. The highest BCUT2D eigenvalue weighted by Crippen LogP contribution is 2.45. The predicted octanol–water partition coefficient (Wildman–Crippen LogP) is 5.35. The average Bonchev–Trinajstić information content (AvgIpc) is 3.39. The lowest BCUT2D eigenvalue weighted by atomic mass is 9.96. The Bertz CT molecular complexity index is 1630. The summed E-state index contributed by atoms with van der Waals surface area (Å²) >= 11 is 5.90. The normalized spacial score (nSPS) is 17.3. The fraction of sp³-hybridized carbons (Fsp3) is 0.241. The number of aryl methyl sites for hydroxylation is 2. The molecule has 3 heterocycles. The third-order valence-corrected chi connectivity index (χ3v) is 7.84. The molecule has 202 valence electrons. The van der Waals surface area contributed by atoms with Crippen LogP contribution in [0.25, 0.3) is 5.69 Å². The van der Waals surface area contributed by atoms with Gasteiger partial charge in [-0.3, -0.25) is 9.71 Å². The number of methoxy groups -OCH3 is 1. The number of anilines is 2. The van der Waals surface area contributed by atoms with Crippen LogP contribution in [0.2, 0.25) is 0 Å². The maximum atomic E-state index is 11.9. The molecule has 10 heteroatoms. The Kier molecular flexibility index (Phi) is 7.09. The van der Waals surface area contributed by atoms with Crippen molar-refractivity contribution in [1.82, 2.24) is 14.9 Å². The van der Waals surface area contributed by atoms with E-state index in [-0.39, 0.29) is 12.1 Å². The van der Waals surface area contributed by atoms with E-state index in [9.17, 15) is 8.42 Å². The fourth-order valence-corrected chi connectivity index (χ4v) is 6.16. The third-order valence-electron chi connectivity index (χ3n) is 6.94. The van der Waals surface area contributed by atoms with E-state index in [1.807, 2.05) is 24.3 Å². The summed E-state index contributed by atoms with van der Waals surface area (Å²) in [4.78, 5) is 6.72. The lowest BCUT2D eigenvalue weighted by Crippen LogP contribution is -2.29. The molecular weight excluding hydrogens is 530 g/mol. The van der Waals surface area contributed by atoms with Crippen LogP contribution in [0.15, 0.2) is 72.9 Å². The van der Waals surface area contributed by atoms with Gasteiger partial charge >= 0.3 is 0 Å². The molecule has 2 atom stereocenters. The summed E-state index contributed by atoms with van der Waals surface area (Å²) in [6.45, 7) is 6.30. The second kappa shape index (κ2) is 10.3. The van der Waals surface area contributed by atoms with Crippen LogP contribution >= 0.6 is 12.2 Å². The Morgan fingerprint density at radius 1 is 1.00 bits per heavy atom. The van der Waals surface area contributed by atoms with E-state index in [1.54, 1.807) is 18.3 Å². The van der Waals surface area contributed by atoms with Gasteiger partial charge in [-0.05, 0) is 81.0 Å². The first-order valence-corrected chi connectivity index (χ1v) is 14.8. The van der Waals surface area contributed by atoms with E-state index in [4.69, 9.17) is 17.0 Å². The molecule has 0 radical (unpaired) electrons. The van der Waals surface area contributed by atoms with E-state index in [2.05, 4.69) is 75.6 Å². The summed E-state index contributed by atoms with van der Waals surface area (Å²) in [6, 6.07) is 21.4. The van der Waals surface area contributed by atoms with Crippen LogP contribution < -0.4 is 19.7 Å². The molecule has 1 saturated heterocycles. The van der Waals surface area contributed by atoms with Crippen LogP contribution in [0.4, 0.5) is 11.4 Å². The standard InChI is InChI=1S/C29H31N5O3S2/c1-18-9-11-21(12-10-18)33-19(2)16-23(20(33)3)28-27(25-8-6-7-15-30-25)31-29(38)34(28)22-13-14-24(26(17-22)37-4)32-39(5,35)36/h6-17,27-28,32H,1-5H3,(H,31,38)/t27-,28+/m0/s1. The van der Waals surface area contributed by atoms with Crippen molar-refractivity contribution in [3.05, 3.63) is 101 Å². The first kappa shape index (κ1) is 26.7. The van der Waals surface area contributed by atoms with Crippen molar-refractivity contribution in [2.24, 2.45) is 0 Å². The smallest absolute Gasteiger partial charge is 0.229 e. The van der Waals surface area contributed by atoms with Gasteiger partial charge in [0, 0.05) is 35.0 Å². The van der Waals surface area contributed by atoms with Crippen molar-refractivity contribution < 1.29 is 13.2 Å². The Morgan fingerprint density at radius 3 is 2.36 bits per heavy atom. The van der Waals surface area contributed by atoms with E-state index in [1.165, 1.54) is 12.7 Å². The average molecular weight is 562 g/mol. The lowest BCUT2D eigenvalue weighted by molar-refractivity contribution is 0.417. The maximum Gasteiger partial charge on any atom is 0.229 e. The van der Waals surface area contributed by atoms with Gasteiger partial charge in [-0.1, -0.05) is 23.8 Å². The minimum Gasteiger partial charge on any atom is -0.494 e. The number of ether oxygens (including phenoxy) is 1. The molecule has 2 N–H and O–H groups in total. The summed E-state index contributed by atoms with van der Waals surface area (Å²) in [7, 11) is -1.97. The molecule has 5 rings (SSSR count). The fourth-order valence-electron chi connectivity index (χ4n) is 5.24. The maximum absolute atomic E-state index is 11.9. The number of sulfonamides is 1. The van der Waals surface area contributed by atoms with Crippen LogP contribution in [-0.2, 0) is 10.0 Å². The van der Waals surface area contributed by atoms with Crippen LogP contribution in [0.5, 0.6) is 5.75 Å². The first-order valence-electron chi connectivity index (χ1n) is 12.5. The van der Waals surface area contributed by atoms with Crippen molar-refractivity contribution in [3.8, 4) is 11.4 Å². The zero-order valence-corrected chi connectivity index (χ0v) is 24.1. The molecule has 1 fully saturated rings. The Labute approximate surface area is 234 Å². The monoisotopic (exact) mass is 561 g/mol. The number of benzene rings is 2. The van der Waals surface area contributed by atoms with Crippen molar-refractivity contribution in [3.63, 3.8) is 0 Å². The van der Waals surface area contributed by atoms with Gasteiger partial charge in [0.15, 0.2) is 5.11 Å². The molecule has 1 aliphatic heterocycles. The van der Waals surface area contributed by atoms with Crippen molar-refractivity contribution in [2.75, 3.05) is 23.0 Å². The summed E-state index contributed by atoms with van der Waals surface area (Å²) < 4.78 is 34.1. The topological polar surface area (TPSA) is 88.5 Å². The number of rotatable bonds is 7. The van der Waals surface area contributed by atoms with E-state index >= 15 is 0 Å². The summed E-state index contributed by atoms with van der Waals surface area (Å²) in [5, 5.41) is 4.04. The molecule has 1 aliphatic rings. The van der Waals surface area contributed by atoms with E-state index in [0.29, 0.717) is 16.5 Å². The predicted molar refractivity (Wildman–Crippen MR) is 159 cm³/mol. The minimum absolute atomic E-state index is 0.217. The quantitative estimate of drug-likeness (QED) is 0.294. The summed E-state index contributed by atoms with van der Waals surface area (Å²) in [5.41, 5.74) is 7.60. The molecule has 0 unspecified atom stereocenters. The van der Waals surface area contributed by atoms with Gasteiger partial charge in [0.1, 0.15) is 5.75 Å². The van der Waals surface area contributed by atoms with Gasteiger partial charge in [-0.15, -0.1) is 0 Å². The number of thiocarbonyl (C=S) groups is 1. The molecule has 0 amide bonds. The van der Waals surface area contributed by atoms with Crippen LogP contribution in [0.1, 0.15) is 40.3 Å². The molecule has 39 heavy (non-hydrogen) atoms. The Hall–Kier alpha value is -3.89. The van der Waals surface area contributed by atoms with Gasteiger partial charge in [0.25, 0.3) is 0 Å². The second-order valence-electron chi connectivity index (χ2n) is 9.75. The minimum atomic E-state index is -3.48. The molecule has 0 aliphatic carbocycles. The summed E-state index contributed by atoms with van der Waals surface area (Å²) in [6.07, 6.45) is 2.89. The summed E-state index contributed by atoms with van der Waals surface area (Å²) in [5.74, 6) is 0.394.